The normalized spacial score (nSPS) is 19.5. The highest BCUT2D eigenvalue weighted by Gasteiger charge is 2.19. The fraction of sp³-hybridized carbons (Fsp3) is 0.583. The smallest absolute Gasteiger partial charge is 0.271 e. The van der Waals surface area contributed by atoms with Gasteiger partial charge in [0.2, 0.25) is 0 Å². The molecule has 0 bridgehead atoms. The molecule has 1 atom stereocenters. The number of carbonyl (C=O) groups is 1. The van der Waals surface area contributed by atoms with E-state index in [1.165, 1.54) is 19.0 Å². The van der Waals surface area contributed by atoms with Crippen LogP contribution in [0.4, 0.5) is 5.82 Å². The van der Waals surface area contributed by atoms with Crippen LogP contribution in [0.15, 0.2) is 12.4 Å². The minimum absolute atomic E-state index is 0.240. The number of aromatic nitrogens is 2. The Balaban J connectivity index is 2.08. The Bertz CT molecular complexity index is 417. The fourth-order valence-corrected chi connectivity index (χ4v) is 2.34. The van der Waals surface area contributed by atoms with Crippen LogP contribution >= 0.6 is 0 Å². The molecule has 0 radical (unpaired) electrons. The van der Waals surface area contributed by atoms with Crippen LogP contribution in [0.5, 0.6) is 0 Å². The third-order valence-electron chi connectivity index (χ3n) is 3.20. The van der Waals surface area contributed by atoms with Crippen LogP contribution in [-0.4, -0.2) is 42.6 Å². The van der Waals surface area contributed by atoms with Crippen molar-refractivity contribution in [3.8, 4) is 0 Å². The van der Waals surface area contributed by atoms with Crippen LogP contribution in [0, 0.1) is 5.92 Å². The molecule has 1 aromatic heterocycles. The van der Waals surface area contributed by atoms with E-state index in [1.807, 2.05) is 11.9 Å². The molecule has 2 heterocycles. The van der Waals surface area contributed by atoms with E-state index in [-0.39, 0.29) is 5.69 Å². The number of nitrogens with two attached hydrogens (primary N) is 1. The van der Waals surface area contributed by atoms with Gasteiger partial charge in [0, 0.05) is 26.0 Å². The van der Waals surface area contributed by atoms with Gasteiger partial charge in [0.15, 0.2) is 11.5 Å². The second-order valence-corrected chi connectivity index (χ2v) is 4.69. The van der Waals surface area contributed by atoms with Crippen molar-refractivity contribution in [2.75, 3.05) is 31.6 Å². The summed E-state index contributed by atoms with van der Waals surface area (Å²) < 4.78 is 0. The summed E-state index contributed by atoms with van der Waals surface area (Å²) in [4.78, 5) is 21.5. The number of anilines is 1. The summed E-state index contributed by atoms with van der Waals surface area (Å²) in [6.45, 7) is 2.96. The van der Waals surface area contributed by atoms with E-state index in [0.717, 1.165) is 19.6 Å². The summed E-state index contributed by atoms with van der Waals surface area (Å²) in [5, 5.41) is 3.37. The number of hydrogen-bond donors (Lipinski definition) is 2. The molecule has 1 aromatic rings. The molecule has 0 aliphatic carbocycles. The molecule has 18 heavy (non-hydrogen) atoms. The predicted octanol–water partition coefficient (Wildman–Crippen LogP) is 0.0113. The molecule has 2 rings (SSSR count). The Labute approximate surface area is 107 Å². The minimum atomic E-state index is -0.535. The van der Waals surface area contributed by atoms with Crippen LogP contribution in [0.1, 0.15) is 23.3 Å². The highest BCUT2D eigenvalue weighted by molar-refractivity contribution is 5.95. The van der Waals surface area contributed by atoms with Crippen molar-refractivity contribution < 1.29 is 4.79 Å². The van der Waals surface area contributed by atoms with E-state index < -0.39 is 5.91 Å². The number of piperidine rings is 1. The van der Waals surface area contributed by atoms with Crippen molar-refractivity contribution >= 4 is 11.7 Å². The molecule has 6 heteroatoms. The Morgan fingerprint density at radius 3 is 3.00 bits per heavy atom. The summed E-state index contributed by atoms with van der Waals surface area (Å²) in [6.07, 6.45) is 5.46. The van der Waals surface area contributed by atoms with Gasteiger partial charge in [-0.1, -0.05) is 0 Å². The number of nitrogens with zero attached hydrogens (tertiary/aromatic N) is 3. The maximum Gasteiger partial charge on any atom is 0.271 e. The second kappa shape index (κ2) is 5.77. The van der Waals surface area contributed by atoms with Crippen molar-refractivity contribution in [1.29, 1.82) is 0 Å². The first kappa shape index (κ1) is 12.8. The van der Waals surface area contributed by atoms with Gasteiger partial charge >= 0.3 is 0 Å². The van der Waals surface area contributed by atoms with Crippen molar-refractivity contribution in [2.24, 2.45) is 11.7 Å². The number of nitrogens with one attached hydrogen (secondary N) is 1. The largest absolute Gasteiger partial charge is 0.364 e. The zero-order valence-corrected chi connectivity index (χ0v) is 10.6. The average molecular weight is 249 g/mol. The molecule has 1 aliphatic heterocycles. The van der Waals surface area contributed by atoms with Crippen LogP contribution in [0.2, 0.25) is 0 Å². The van der Waals surface area contributed by atoms with Gasteiger partial charge in [-0.25, -0.2) is 9.97 Å². The lowest BCUT2D eigenvalue weighted by Crippen LogP contribution is -2.37. The molecule has 0 saturated carbocycles. The highest BCUT2D eigenvalue weighted by Crippen LogP contribution is 2.17. The molecular formula is C12H19N5O. The van der Waals surface area contributed by atoms with Gasteiger partial charge < -0.3 is 16.0 Å². The van der Waals surface area contributed by atoms with Gasteiger partial charge in [0.1, 0.15) is 0 Å². The fourth-order valence-electron chi connectivity index (χ4n) is 2.34. The molecule has 1 aliphatic rings. The summed E-state index contributed by atoms with van der Waals surface area (Å²) in [5.74, 6) is 0.605. The van der Waals surface area contributed by atoms with Gasteiger partial charge in [0.05, 0.1) is 0 Å². The maximum absolute atomic E-state index is 11.3. The van der Waals surface area contributed by atoms with Crippen LogP contribution < -0.4 is 16.0 Å². The van der Waals surface area contributed by atoms with Crippen molar-refractivity contribution in [1.82, 2.24) is 15.3 Å². The number of rotatable bonds is 4. The van der Waals surface area contributed by atoms with Gasteiger partial charge in [0.25, 0.3) is 5.91 Å². The number of primary amides is 1. The van der Waals surface area contributed by atoms with Gasteiger partial charge in [-0.3, -0.25) is 4.79 Å². The van der Waals surface area contributed by atoms with Gasteiger partial charge in [-0.05, 0) is 31.8 Å². The Morgan fingerprint density at radius 2 is 2.33 bits per heavy atom. The van der Waals surface area contributed by atoms with E-state index in [2.05, 4.69) is 15.3 Å². The van der Waals surface area contributed by atoms with E-state index in [4.69, 9.17) is 5.73 Å². The van der Waals surface area contributed by atoms with Crippen LogP contribution in [-0.2, 0) is 0 Å². The van der Waals surface area contributed by atoms with Crippen molar-refractivity contribution in [3.63, 3.8) is 0 Å². The van der Waals surface area contributed by atoms with E-state index in [9.17, 15) is 4.79 Å². The topological polar surface area (TPSA) is 84.1 Å². The zero-order valence-electron chi connectivity index (χ0n) is 10.6. The lowest BCUT2D eigenvalue weighted by Gasteiger charge is -2.28. The molecule has 0 aromatic carbocycles. The molecule has 3 N–H and O–H groups in total. The van der Waals surface area contributed by atoms with E-state index in [1.54, 1.807) is 6.20 Å². The summed E-state index contributed by atoms with van der Waals surface area (Å²) in [5.41, 5.74) is 5.54. The monoisotopic (exact) mass is 249 g/mol. The molecular weight excluding hydrogens is 230 g/mol. The Kier molecular flexibility index (Phi) is 4.09. The zero-order chi connectivity index (χ0) is 13.0. The first-order valence-corrected chi connectivity index (χ1v) is 6.21. The van der Waals surface area contributed by atoms with Gasteiger partial charge in [-0.2, -0.15) is 0 Å². The molecule has 1 amide bonds. The SMILES string of the molecule is CN(CC1CCCNC1)c1nccnc1C(N)=O. The average Bonchev–Trinajstić information content (AvgIpc) is 2.40. The van der Waals surface area contributed by atoms with Crippen molar-refractivity contribution in [2.45, 2.75) is 12.8 Å². The minimum Gasteiger partial charge on any atom is -0.364 e. The van der Waals surface area contributed by atoms with Crippen LogP contribution in [0.3, 0.4) is 0 Å². The molecule has 0 spiro atoms. The first-order valence-electron chi connectivity index (χ1n) is 6.21. The number of amides is 1. The van der Waals surface area contributed by atoms with Crippen molar-refractivity contribution in [3.05, 3.63) is 18.1 Å². The van der Waals surface area contributed by atoms with E-state index >= 15 is 0 Å². The lowest BCUT2D eigenvalue weighted by atomic mass is 9.99. The highest BCUT2D eigenvalue weighted by atomic mass is 16.1. The Morgan fingerprint density at radius 1 is 1.56 bits per heavy atom. The second-order valence-electron chi connectivity index (χ2n) is 4.69. The summed E-state index contributed by atoms with van der Waals surface area (Å²) in [6, 6.07) is 0. The first-order chi connectivity index (χ1) is 8.68. The molecule has 98 valence electrons. The standard InChI is InChI=1S/C12H19N5O/c1-17(8-9-3-2-4-14-7-9)12-10(11(13)18)15-5-6-16-12/h5-6,9,14H,2-4,7-8H2,1H3,(H2,13,18). The van der Waals surface area contributed by atoms with E-state index in [0.29, 0.717) is 11.7 Å². The summed E-state index contributed by atoms with van der Waals surface area (Å²) >= 11 is 0. The molecule has 1 unspecified atom stereocenters. The third kappa shape index (κ3) is 2.95. The third-order valence-corrected chi connectivity index (χ3v) is 3.20. The lowest BCUT2D eigenvalue weighted by molar-refractivity contribution is 0.0995. The molecule has 6 nitrogen and oxygen atoms in total. The van der Waals surface area contributed by atoms with Gasteiger partial charge in [-0.15, -0.1) is 0 Å². The quantitative estimate of drug-likeness (QED) is 0.785. The van der Waals surface area contributed by atoms with Crippen LogP contribution in [0.25, 0.3) is 0 Å². The molecule has 1 saturated heterocycles. The number of hydrogen-bond acceptors (Lipinski definition) is 5. The molecule has 1 fully saturated rings. The summed E-state index contributed by atoms with van der Waals surface area (Å²) in [7, 11) is 1.92. The number of carbonyl (C=O) groups excluding carboxylic acids is 1. The Hall–Kier alpha value is -1.69. The predicted molar refractivity (Wildman–Crippen MR) is 69.4 cm³/mol. The maximum atomic E-state index is 11.3.